The van der Waals surface area contributed by atoms with Crippen molar-refractivity contribution in [2.45, 2.75) is 62.2 Å². The van der Waals surface area contributed by atoms with Crippen LogP contribution in [0.2, 0.25) is 5.82 Å². The Morgan fingerprint density at radius 2 is 2.00 bits per heavy atom. The number of nitrogens with zero attached hydrogens (tertiary/aromatic N) is 2. The van der Waals surface area contributed by atoms with Crippen LogP contribution < -0.4 is 16.0 Å². The molecule has 4 rings (SSSR count). The van der Waals surface area contributed by atoms with Crippen LogP contribution in [0.4, 0.5) is 28.9 Å². The third-order valence-corrected chi connectivity index (χ3v) is 7.72. The number of halogens is 4. The summed E-state index contributed by atoms with van der Waals surface area (Å²) in [4.78, 5) is 1.93. The number of piperidine rings is 1. The molecule has 1 saturated heterocycles. The van der Waals surface area contributed by atoms with E-state index < -0.39 is 17.7 Å². The van der Waals surface area contributed by atoms with Crippen molar-refractivity contribution in [1.29, 1.82) is 0 Å². The van der Waals surface area contributed by atoms with E-state index in [4.69, 9.17) is 7.85 Å². The minimum absolute atomic E-state index is 0.00147. The Balaban J connectivity index is 0.000000646. The van der Waals surface area contributed by atoms with Crippen LogP contribution in [0.25, 0.3) is 5.52 Å². The minimum atomic E-state index is -4.47. The van der Waals surface area contributed by atoms with Gasteiger partial charge >= 0.3 is 5.51 Å². The highest BCUT2D eigenvalue weighted by atomic mass is 32.2. The van der Waals surface area contributed by atoms with Gasteiger partial charge in [0.05, 0.1) is 37.2 Å². The number of hydrogen-bond acceptors (Lipinski definition) is 5. The van der Waals surface area contributed by atoms with Crippen molar-refractivity contribution < 1.29 is 17.6 Å². The number of nitrogens with one attached hydrogen (secondary N) is 3. The van der Waals surface area contributed by atoms with Crippen molar-refractivity contribution in [2.75, 3.05) is 43.9 Å². The van der Waals surface area contributed by atoms with Crippen LogP contribution >= 0.6 is 11.8 Å². The van der Waals surface area contributed by atoms with Gasteiger partial charge in [0.2, 0.25) is 0 Å². The van der Waals surface area contributed by atoms with Gasteiger partial charge in [0.15, 0.2) is 0 Å². The lowest BCUT2D eigenvalue weighted by atomic mass is 9.90. The smallest absolute Gasteiger partial charge is 0.392 e. The molecule has 0 spiro atoms. The molecule has 230 valence electrons. The topological polar surface area (TPSA) is 43.7 Å². The van der Waals surface area contributed by atoms with Crippen molar-refractivity contribution in [2.24, 2.45) is 0 Å². The van der Waals surface area contributed by atoms with Gasteiger partial charge in [0.1, 0.15) is 11.2 Å². The first-order valence-corrected chi connectivity index (χ1v) is 15.1. The molecule has 11 heteroatoms. The van der Waals surface area contributed by atoms with Crippen LogP contribution in [0.5, 0.6) is 0 Å². The molecule has 1 aliphatic rings. The predicted molar refractivity (Wildman–Crippen MR) is 173 cm³/mol. The first kappa shape index (κ1) is 34.3. The molecule has 43 heavy (non-hydrogen) atoms. The SMILES string of the molecule is CCc1cc(C)ccc1NCC#Cc1cc2c(NC3CCN(C)CC3F)cccn2c1SC(F)(F)F.[B]C(C)CNC=C. The molecule has 3 atom stereocenters. The van der Waals surface area contributed by atoms with Gasteiger partial charge in [-0.2, -0.15) is 13.2 Å². The van der Waals surface area contributed by atoms with Crippen LogP contribution in [0.3, 0.4) is 0 Å². The summed E-state index contributed by atoms with van der Waals surface area (Å²) in [6.45, 7) is 11.7. The summed E-state index contributed by atoms with van der Waals surface area (Å²) in [5.74, 6) is 6.12. The maximum atomic E-state index is 14.6. The maximum Gasteiger partial charge on any atom is 0.447 e. The molecule has 2 radical (unpaired) electrons. The summed E-state index contributed by atoms with van der Waals surface area (Å²) in [7, 11) is 7.24. The van der Waals surface area contributed by atoms with Gasteiger partial charge in [-0.05, 0) is 62.8 Å². The normalized spacial score (nSPS) is 17.7. The van der Waals surface area contributed by atoms with Crippen molar-refractivity contribution >= 4 is 36.5 Å². The van der Waals surface area contributed by atoms with E-state index in [1.54, 1.807) is 30.6 Å². The Morgan fingerprint density at radius 3 is 2.63 bits per heavy atom. The van der Waals surface area contributed by atoms with E-state index >= 15 is 0 Å². The number of aromatic nitrogens is 1. The average Bonchev–Trinajstić information content (AvgIpc) is 3.28. The second kappa shape index (κ2) is 16.0. The molecule has 3 unspecified atom stereocenters. The Bertz CT molecular complexity index is 1410. The van der Waals surface area contributed by atoms with E-state index in [0.717, 1.165) is 30.8 Å². The van der Waals surface area contributed by atoms with Crippen molar-refractivity contribution in [3.8, 4) is 11.8 Å². The molecule has 3 aromatic rings. The number of benzene rings is 1. The van der Waals surface area contributed by atoms with Crippen LogP contribution in [0, 0.1) is 18.8 Å². The van der Waals surface area contributed by atoms with E-state index in [1.165, 1.54) is 9.96 Å². The monoisotopic (exact) mass is 613 g/mol. The highest BCUT2D eigenvalue weighted by molar-refractivity contribution is 8.00. The zero-order chi connectivity index (χ0) is 31.6. The van der Waals surface area contributed by atoms with E-state index in [9.17, 15) is 17.6 Å². The van der Waals surface area contributed by atoms with Crippen LogP contribution in [0.1, 0.15) is 37.0 Å². The van der Waals surface area contributed by atoms with E-state index in [2.05, 4.69) is 47.4 Å². The number of pyridine rings is 1. The number of alkyl halides is 4. The van der Waals surface area contributed by atoms with Crippen molar-refractivity contribution in [3.63, 3.8) is 0 Å². The Labute approximate surface area is 258 Å². The van der Waals surface area contributed by atoms with Gasteiger partial charge in [0.25, 0.3) is 0 Å². The third kappa shape index (κ3) is 10.5. The Morgan fingerprint density at radius 1 is 1.23 bits per heavy atom. The summed E-state index contributed by atoms with van der Waals surface area (Å²) < 4.78 is 56.4. The van der Waals surface area contributed by atoms with Crippen molar-refractivity contribution in [1.82, 2.24) is 14.6 Å². The van der Waals surface area contributed by atoms with Crippen molar-refractivity contribution in [3.05, 3.63) is 72.1 Å². The zero-order valence-electron chi connectivity index (χ0n) is 25.2. The molecule has 0 amide bonds. The van der Waals surface area contributed by atoms with Gasteiger partial charge in [0, 0.05) is 43.3 Å². The number of hydrogen-bond donors (Lipinski definition) is 3. The molecule has 1 fully saturated rings. The molecule has 0 aliphatic carbocycles. The Kier molecular flexibility index (Phi) is 12.8. The second-order valence-electron chi connectivity index (χ2n) is 10.7. The number of anilines is 2. The molecule has 1 aliphatic heterocycles. The van der Waals surface area contributed by atoms with Gasteiger partial charge in [-0.25, -0.2) is 4.39 Å². The van der Waals surface area contributed by atoms with Crippen LogP contribution in [0.15, 0.2) is 60.4 Å². The lowest BCUT2D eigenvalue weighted by Gasteiger charge is -2.33. The lowest BCUT2D eigenvalue weighted by molar-refractivity contribution is -0.0329. The van der Waals surface area contributed by atoms with E-state index in [-0.39, 0.29) is 28.2 Å². The lowest BCUT2D eigenvalue weighted by Crippen LogP contribution is -2.46. The van der Waals surface area contributed by atoms with Crippen LogP contribution in [-0.2, 0) is 6.42 Å². The number of fused-ring (bicyclic) bond motifs is 1. The average molecular weight is 614 g/mol. The fourth-order valence-corrected chi connectivity index (χ4v) is 5.45. The molecule has 0 saturated carbocycles. The van der Waals surface area contributed by atoms with Gasteiger partial charge in [-0.15, -0.1) is 0 Å². The summed E-state index contributed by atoms with van der Waals surface area (Å²) >= 11 is -0.187. The summed E-state index contributed by atoms with van der Waals surface area (Å²) in [6, 6.07) is 10.8. The quantitative estimate of drug-likeness (QED) is 0.105. The first-order valence-electron chi connectivity index (χ1n) is 14.3. The second-order valence-corrected chi connectivity index (χ2v) is 11.7. The summed E-state index contributed by atoms with van der Waals surface area (Å²) in [5, 5.41) is 9.38. The van der Waals surface area contributed by atoms with Gasteiger partial charge in [-0.3, -0.25) is 0 Å². The molecule has 3 N–H and O–H groups in total. The third-order valence-electron chi connectivity index (χ3n) is 6.88. The van der Waals surface area contributed by atoms with Gasteiger partial charge < -0.3 is 25.3 Å². The molecule has 0 bridgehead atoms. The number of thioether (sulfide) groups is 1. The fourth-order valence-electron chi connectivity index (χ4n) is 4.75. The number of aryl methyl sites for hydroxylation is 2. The highest BCUT2D eigenvalue weighted by Gasteiger charge is 2.33. The molecule has 1 aromatic carbocycles. The predicted octanol–water partition coefficient (Wildman–Crippen LogP) is 7.04. The van der Waals surface area contributed by atoms with E-state index in [0.29, 0.717) is 30.7 Å². The first-order chi connectivity index (χ1) is 20.4. The molecular weight excluding hydrogens is 573 g/mol. The summed E-state index contributed by atoms with van der Waals surface area (Å²) in [5.41, 5.74) is 0.249. The fraction of sp³-hybridized carbons (Fsp3) is 0.438. The largest absolute Gasteiger partial charge is 0.447 e. The number of rotatable bonds is 9. The molecule has 3 heterocycles. The van der Waals surface area contributed by atoms with Gasteiger partial charge in [-0.1, -0.05) is 55.8 Å². The molecular formula is C32H40BF4N5S. The van der Waals surface area contributed by atoms with E-state index in [1.807, 2.05) is 37.9 Å². The molecule has 5 nitrogen and oxygen atoms in total. The number of likely N-dealkylation sites (tertiary alicyclic amines) is 1. The zero-order valence-corrected chi connectivity index (χ0v) is 26.0. The molecule has 2 aromatic heterocycles. The maximum absolute atomic E-state index is 14.6. The standard InChI is InChI=1S/C27H30F4N4S.C5H10BN/c1-4-19-15-18(2)9-10-22(19)32-12-5-7-20-16-25-24(33-23-11-14-34(3)17-21(23)28)8-6-13-35(25)26(20)36-27(29,30)31;1-3-7-4-5(2)6/h6,8-10,13,15-16,21,23,32-33H,4,11-12,14,17H2,1-3H3;3,5,7H,1,4H2,2H3. The highest BCUT2D eigenvalue weighted by Crippen LogP contribution is 2.40. The summed E-state index contributed by atoms with van der Waals surface area (Å²) in [6.07, 6.45) is 3.63. The Hall–Kier alpha value is -3.23. The minimum Gasteiger partial charge on any atom is -0.392 e. The van der Waals surface area contributed by atoms with Crippen LogP contribution in [-0.4, -0.2) is 68.1 Å².